The number of imidazole rings is 1. The summed E-state index contributed by atoms with van der Waals surface area (Å²) < 4.78 is 17.8. The first-order chi connectivity index (χ1) is 17.1. The molecule has 3 aromatic rings. The van der Waals surface area contributed by atoms with Gasteiger partial charge in [0.1, 0.15) is 36.1 Å². The second-order valence-corrected chi connectivity index (χ2v) is 10.7. The standard InChI is InChI=1S/C27H34N6O3/c1-26(2,3)18-7-9-20-22(15-18)35-13-11-34-12-14-36-23-16-19(27(4,5)6)8-10-21(23)31-33-25-28-17-24(29-25)32-30-20/h7-10,15-17H,11-14H2,1-6H3,(H,28,29). The molecule has 0 unspecified atom stereocenters. The predicted octanol–water partition coefficient (Wildman–Crippen LogP) is 7.62. The molecule has 1 aromatic heterocycles. The Bertz CT molecular complexity index is 1160. The van der Waals surface area contributed by atoms with Crippen molar-refractivity contribution >= 4 is 23.1 Å². The fraction of sp³-hybridized carbons (Fsp3) is 0.444. The van der Waals surface area contributed by atoms with Crippen molar-refractivity contribution < 1.29 is 14.2 Å². The van der Waals surface area contributed by atoms with Gasteiger partial charge in [-0.3, -0.25) is 0 Å². The minimum Gasteiger partial charge on any atom is -0.489 e. The van der Waals surface area contributed by atoms with E-state index in [1.807, 2.05) is 36.4 Å². The van der Waals surface area contributed by atoms with E-state index in [0.29, 0.717) is 61.1 Å². The molecule has 0 amide bonds. The van der Waals surface area contributed by atoms with E-state index in [4.69, 9.17) is 14.2 Å². The van der Waals surface area contributed by atoms with E-state index in [0.717, 1.165) is 11.1 Å². The van der Waals surface area contributed by atoms with Crippen LogP contribution < -0.4 is 9.47 Å². The van der Waals surface area contributed by atoms with E-state index in [1.165, 1.54) is 0 Å². The number of aromatic amines is 1. The average Bonchev–Trinajstić information content (AvgIpc) is 3.27. The molecule has 0 aliphatic carbocycles. The van der Waals surface area contributed by atoms with Crippen molar-refractivity contribution in [1.82, 2.24) is 9.97 Å². The van der Waals surface area contributed by atoms with Gasteiger partial charge >= 0.3 is 0 Å². The topological polar surface area (TPSA) is 106 Å². The molecular formula is C27H34N6O3. The molecule has 0 radical (unpaired) electrons. The van der Waals surface area contributed by atoms with E-state index >= 15 is 0 Å². The maximum Gasteiger partial charge on any atom is 0.248 e. The highest BCUT2D eigenvalue weighted by Gasteiger charge is 2.18. The first-order valence-electron chi connectivity index (χ1n) is 12.1. The van der Waals surface area contributed by atoms with Crippen LogP contribution in [0.1, 0.15) is 52.7 Å². The lowest BCUT2D eigenvalue weighted by molar-refractivity contribution is 0.0766. The summed E-state index contributed by atoms with van der Waals surface area (Å²) in [5.41, 5.74) is 3.46. The molecule has 4 rings (SSSR count). The second kappa shape index (κ2) is 10.6. The minimum absolute atomic E-state index is 0.0260. The number of hydrogen-bond donors (Lipinski definition) is 1. The van der Waals surface area contributed by atoms with Crippen LogP contribution in [0.3, 0.4) is 0 Å². The van der Waals surface area contributed by atoms with E-state index in [1.54, 1.807) is 6.20 Å². The fourth-order valence-electron chi connectivity index (χ4n) is 3.49. The number of nitrogens with zero attached hydrogens (tertiary/aromatic N) is 5. The normalized spacial score (nSPS) is 15.2. The van der Waals surface area contributed by atoms with Crippen LogP contribution in [0.5, 0.6) is 11.5 Å². The molecule has 36 heavy (non-hydrogen) atoms. The fourth-order valence-corrected chi connectivity index (χ4v) is 3.49. The van der Waals surface area contributed by atoms with Gasteiger partial charge in [-0.05, 0) is 46.2 Å². The third-order valence-electron chi connectivity index (χ3n) is 5.69. The number of H-pyrrole nitrogens is 1. The molecule has 0 fully saturated rings. The molecule has 2 aromatic carbocycles. The number of azo groups is 2. The molecule has 9 heteroatoms. The summed E-state index contributed by atoms with van der Waals surface area (Å²) in [6.07, 6.45) is 1.56. The Labute approximate surface area is 212 Å². The van der Waals surface area contributed by atoms with E-state index in [2.05, 4.69) is 72.0 Å². The van der Waals surface area contributed by atoms with Gasteiger partial charge in [0.15, 0.2) is 5.82 Å². The van der Waals surface area contributed by atoms with E-state index in [9.17, 15) is 0 Å². The summed E-state index contributed by atoms with van der Waals surface area (Å²) in [5, 5.41) is 17.3. The van der Waals surface area contributed by atoms with Crippen molar-refractivity contribution in [3.05, 3.63) is 53.7 Å². The van der Waals surface area contributed by atoms with Crippen molar-refractivity contribution in [3.63, 3.8) is 0 Å². The third-order valence-corrected chi connectivity index (χ3v) is 5.69. The molecule has 190 valence electrons. The summed E-state index contributed by atoms with van der Waals surface area (Å²) in [6, 6.07) is 11.9. The van der Waals surface area contributed by atoms with Gasteiger partial charge < -0.3 is 19.2 Å². The molecule has 2 bridgehead atoms. The molecule has 1 aliphatic rings. The average molecular weight is 491 g/mol. The van der Waals surface area contributed by atoms with Gasteiger partial charge in [-0.2, -0.15) is 0 Å². The maximum atomic E-state index is 6.04. The molecular weight excluding hydrogens is 456 g/mol. The zero-order chi connectivity index (χ0) is 25.8. The number of aromatic nitrogens is 2. The quantitative estimate of drug-likeness (QED) is 0.350. The number of fused-ring (bicyclic) bond motifs is 4. The zero-order valence-corrected chi connectivity index (χ0v) is 21.8. The van der Waals surface area contributed by atoms with Crippen molar-refractivity contribution in [1.29, 1.82) is 0 Å². The molecule has 9 nitrogen and oxygen atoms in total. The number of nitrogens with one attached hydrogen (secondary N) is 1. The smallest absolute Gasteiger partial charge is 0.248 e. The largest absolute Gasteiger partial charge is 0.489 e. The molecule has 0 saturated heterocycles. The monoisotopic (exact) mass is 490 g/mol. The van der Waals surface area contributed by atoms with Gasteiger partial charge in [0.05, 0.1) is 19.4 Å². The molecule has 2 heterocycles. The molecule has 0 saturated carbocycles. The Morgan fingerprint density at radius 1 is 0.667 bits per heavy atom. The van der Waals surface area contributed by atoms with Gasteiger partial charge in [0, 0.05) is 0 Å². The van der Waals surface area contributed by atoms with Crippen molar-refractivity contribution in [3.8, 4) is 11.5 Å². The number of rotatable bonds is 0. The number of ether oxygens (including phenoxy) is 3. The Hall–Kier alpha value is -3.59. The van der Waals surface area contributed by atoms with Crippen LogP contribution in [0, 0.1) is 0 Å². The molecule has 0 atom stereocenters. The first kappa shape index (κ1) is 25.5. The van der Waals surface area contributed by atoms with Crippen LogP contribution in [0.15, 0.2) is 63.1 Å². The third kappa shape index (κ3) is 6.54. The van der Waals surface area contributed by atoms with Crippen LogP contribution >= 0.6 is 0 Å². The van der Waals surface area contributed by atoms with Crippen LogP contribution in [0.25, 0.3) is 0 Å². The zero-order valence-electron chi connectivity index (χ0n) is 21.8. The summed E-state index contributed by atoms with van der Waals surface area (Å²) in [6.45, 7) is 14.5. The number of benzene rings is 2. The van der Waals surface area contributed by atoms with Gasteiger partial charge in [0.2, 0.25) is 5.95 Å². The lowest BCUT2D eigenvalue weighted by atomic mass is 9.87. The maximum absolute atomic E-state index is 6.04. The lowest BCUT2D eigenvalue weighted by Crippen LogP contribution is -2.14. The molecule has 1 N–H and O–H groups in total. The number of hydrogen-bond acceptors (Lipinski definition) is 8. The van der Waals surface area contributed by atoms with Crippen LogP contribution in [0.4, 0.5) is 23.1 Å². The van der Waals surface area contributed by atoms with Crippen LogP contribution in [-0.4, -0.2) is 36.4 Å². The van der Waals surface area contributed by atoms with Gasteiger partial charge in [-0.1, -0.05) is 53.7 Å². The minimum atomic E-state index is -0.0283. The highest BCUT2D eigenvalue weighted by molar-refractivity contribution is 5.55. The second-order valence-electron chi connectivity index (χ2n) is 10.7. The Kier molecular flexibility index (Phi) is 7.49. The Morgan fingerprint density at radius 3 is 1.72 bits per heavy atom. The molecule has 1 aliphatic heterocycles. The van der Waals surface area contributed by atoms with Gasteiger partial charge in [-0.25, -0.2) is 4.98 Å². The van der Waals surface area contributed by atoms with Gasteiger partial charge in [-0.15, -0.1) is 20.5 Å². The van der Waals surface area contributed by atoms with Crippen molar-refractivity contribution in [2.75, 3.05) is 26.4 Å². The van der Waals surface area contributed by atoms with Crippen molar-refractivity contribution in [2.45, 2.75) is 52.4 Å². The highest BCUT2D eigenvalue weighted by atomic mass is 16.5. The summed E-state index contributed by atoms with van der Waals surface area (Å²) in [4.78, 5) is 7.26. The van der Waals surface area contributed by atoms with E-state index in [-0.39, 0.29) is 10.8 Å². The summed E-state index contributed by atoms with van der Waals surface area (Å²) in [5.74, 6) is 2.06. The first-order valence-corrected chi connectivity index (χ1v) is 12.1. The molecule has 0 spiro atoms. The summed E-state index contributed by atoms with van der Waals surface area (Å²) >= 11 is 0. The Balaban J connectivity index is 1.64. The van der Waals surface area contributed by atoms with Gasteiger partial charge in [0.25, 0.3) is 0 Å². The van der Waals surface area contributed by atoms with Crippen LogP contribution in [-0.2, 0) is 15.6 Å². The highest BCUT2D eigenvalue weighted by Crippen LogP contribution is 2.36. The Morgan fingerprint density at radius 2 is 1.19 bits per heavy atom. The lowest BCUT2D eigenvalue weighted by Gasteiger charge is -2.21. The SMILES string of the molecule is CC(C)(C)c1ccc2c(c1)OCCOCCOc1cc(C(C)(C)C)ccc1N=Nc1ncc([nH]1)N=N2. The van der Waals surface area contributed by atoms with Crippen molar-refractivity contribution in [2.24, 2.45) is 20.5 Å². The predicted molar refractivity (Wildman–Crippen MR) is 139 cm³/mol. The van der Waals surface area contributed by atoms with Crippen LogP contribution in [0.2, 0.25) is 0 Å². The van der Waals surface area contributed by atoms with E-state index < -0.39 is 0 Å². The summed E-state index contributed by atoms with van der Waals surface area (Å²) in [7, 11) is 0.